The second-order valence-electron chi connectivity index (χ2n) is 13.8. The van der Waals surface area contributed by atoms with Crippen LogP contribution in [0, 0.1) is 17.3 Å². The largest absolute Gasteiger partial charge is 0.465 e. The van der Waals surface area contributed by atoms with Crippen LogP contribution in [0.1, 0.15) is 78.3 Å². The average molecular weight is 597 g/mol. The third-order valence-corrected chi connectivity index (χ3v) is 11.0. The van der Waals surface area contributed by atoms with Crippen LogP contribution in [0.15, 0.2) is 55.6 Å². The third kappa shape index (κ3) is 5.94. The Kier molecular flexibility index (Phi) is 9.68. The first-order valence-corrected chi connectivity index (χ1v) is 16.1. The van der Waals surface area contributed by atoms with Gasteiger partial charge in [-0.1, -0.05) is 63.3 Å². The minimum absolute atomic E-state index is 0.0477. The summed E-state index contributed by atoms with van der Waals surface area (Å²) in [6.07, 6.45) is 7.08. The Morgan fingerprint density at radius 2 is 1.88 bits per heavy atom. The number of likely N-dealkylation sites (tertiary alicyclic amines) is 1. The Hall–Kier alpha value is -2.58. The SMILES string of the molecule is C=CCCCOC(=O)[C@@H]1[C@@H]2CCC3(S2)C(C(=O)N(CC=C)C(C)(C)CC(C)(C)C)N([C@H](CO)c2ccccc2)C(=O)[C@H]13. The molecule has 0 radical (unpaired) electrons. The minimum atomic E-state index is -0.833. The normalized spacial score (nSPS) is 27.5. The number of amides is 2. The van der Waals surface area contributed by atoms with Crippen LogP contribution in [0.2, 0.25) is 0 Å². The molecule has 1 spiro atoms. The molecule has 2 amide bonds. The summed E-state index contributed by atoms with van der Waals surface area (Å²) < 4.78 is 4.93. The van der Waals surface area contributed by atoms with Crippen molar-refractivity contribution in [3.05, 3.63) is 61.2 Å². The highest BCUT2D eigenvalue weighted by molar-refractivity contribution is 8.02. The van der Waals surface area contributed by atoms with E-state index >= 15 is 0 Å². The number of hydrogen-bond donors (Lipinski definition) is 1. The van der Waals surface area contributed by atoms with Crippen molar-refractivity contribution in [3.63, 3.8) is 0 Å². The fraction of sp³-hybridized carbons (Fsp3) is 0.618. The van der Waals surface area contributed by atoms with E-state index in [1.54, 1.807) is 28.8 Å². The van der Waals surface area contributed by atoms with E-state index in [4.69, 9.17) is 4.74 Å². The van der Waals surface area contributed by atoms with Crippen LogP contribution in [0.4, 0.5) is 0 Å². The first-order valence-electron chi connectivity index (χ1n) is 15.2. The predicted molar refractivity (Wildman–Crippen MR) is 168 cm³/mol. The number of thioether (sulfide) groups is 1. The maximum absolute atomic E-state index is 15.0. The molecule has 0 aromatic heterocycles. The highest BCUT2D eigenvalue weighted by Gasteiger charge is 2.75. The number of aliphatic hydroxyl groups excluding tert-OH is 1. The van der Waals surface area contributed by atoms with Crippen LogP contribution in [0.25, 0.3) is 0 Å². The van der Waals surface area contributed by atoms with Crippen LogP contribution in [-0.2, 0) is 19.1 Å². The molecule has 1 N–H and O–H groups in total. The number of allylic oxidation sites excluding steroid dienone is 1. The first-order chi connectivity index (χ1) is 19.8. The molecule has 2 unspecified atom stereocenters. The Morgan fingerprint density at radius 1 is 1.19 bits per heavy atom. The number of esters is 1. The van der Waals surface area contributed by atoms with Gasteiger partial charge in [-0.3, -0.25) is 14.4 Å². The van der Waals surface area contributed by atoms with E-state index in [0.717, 1.165) is 24.8 Å². The molecule has 6 atom stereocenters. The highest BCUT2D eigenvalue weighted by Crippen LogP contribution is 2.67. The quantitative estimate of drug-likeness (QED) is 0.183. The van der Waals surface area contributed by atoms with Crippen molar-refractivity contribution in [2.45, 2.75) is 94.3 Å². The second kappa shape index (κ2) is 12.6. The molecule has 42 heavy (non-hydrogen) atoms. The number of aliphatic hydroxyl groups is 1. The van der Waals surface area contributed by atoms with Crippen LogP contribution < -0.4 is 0 Å². The molecule has 0 aliphatic carbocycles. The zero-order chi connectivity index (χ0) is 30.9. The monoisotopic (exact) mass is 596 g/mol. The fourth-order valence-electron chi connectivity index (χ4n) is 7.81. The van der Waals surface area contributed by atoms with E-state index in [2.05, 4.69) is 47.8 Å². The zero-order valence-corrected chi connectivity index (χ0v) is 26.7. The van der Waals surface area contributed by atoms with E-state index < -0.39 is 34.2 Å². The van der Waals surface area contributed by atoms with Gasteiger partial charge in [-0.2, -0.15) is 0 Å². The highest BCUT2D eigenvalue weighted by atomic mass is 32.2. The standard InChI is InChI=1S/C34H48N2O5S/c1-8-10-14-20-41-31(40)26-25-17-18-34(42-25)27(26)29(38)36(24(21-37)23-15-12-11-13-16-23)28(34)30(39)35(19-9-2)33(6,7)22-32(3,4)5/h8-9,11-13,15-16,24-28,37H,1-2,10,14,17-22H2,3-7H3/t24-,25+,26-,27+,28?,34?/m1/s1. The van der Waals surface area contributed by atoms with Crippen molar-refractivity contribution in [2.24, 2.45) is 17.3 Å². The molecule has 3 fully saturated rings. The van der Waals surface area contributed by atoms with E-state index in [1.165, 1.54) is 0 Å². The van der Waals surface area contributed by atoms with Crippen LogP contribution in [-0.4, -0.2) is 74.0 Å². The summed E-state index contributed by atoms with van der Waals surface area (Å²) in [5.41, 5.74) is 0.183. The van der Waals surface area contributed by atoms with Gasteiger partial charge in [0.15, 0.2) is 0 Å². The Morgan fingerprint density at radius 3 is 2.48 bits per heavy atom. The summed E-state index contributed by atoms with van der Waals surface area (Å²) in [6.45, 7) is 18.6. The van der Waals surface area contributed by atoms with Gasteiger partial charge in [0.05, 0.1) is 35.8 Å². The summed E-state index contributed by atoms with van der Waals surface area (Å²) in [7, 11) is 0. The number of fused-ring (bicyclic) bond motifs is 1. The summed E-state index contributed by atoms with van der Waals surface area (Å²) >= 11 is 1.62. The van der Waals surface area contributed by atoms with Crippen molar-refractivity contribution in [3.8, 4) is 0 Å². The van der Waals surface area contributed by atoms with Gasteiger partial charge in [0.25, 0.3) is 0 Å². The van der Waals surface area contributed by atoms with Crippen LogP contribution >= 0.6 is 11.8 Å². The first kappa shape index (κ1) is 32.3. The average Bonchev–Trinajstić information content (AvgIpc) is 3.57. The van der Waals surface area contributed by atoms with E-state index in [0.29, 0.717) is 19.4 Å². The number of rotatable bonds is 13. The maximum atomic E-state index is 15.0. The van der Waals surface area contributed by atoms with Gasteiger partial charge in [0.2, 0.25) is 11.8 Å². The molecule has 230 valence electrons. The van der Waals surface area contributed by atoms with Gasteiger partial charge in [0.1, 0.15) is 6.04 Å². The molecule has 0 saturated carbocycles. The lowest BCUT2D eigenvalue weighted by Crippen LogP contribution is -2.60. The van der Waals surface area contributed by atoms with Gasteiger partial charge in [-0.25, -0.2) is 0 Å². The predicted octanol–water partition coefficient (Wildman–Crippen LogP) is 5.55. The molecular formula is C34H48N2O5S. The van der Waals surface area contributed by atoms with Crippen molar-refractivity contribution >= 4 is 29.5 Å². The number of hydrogen-bond acceptors (Lipinski definition) is 6. The molecule has 4 rings (SSSR count). The van der Waals surface area contributed by atoms with Gasteiger partial charge < -0.3 is 19.6 Å². The summed E-state index contributed by atoms with van der Waals surface area (Å²) in [5.74, 6) is -2.06. The van der Waals surface area contributed by atoms with Crippen LogP contribution in [0.3, 0.4) is 0 Å². The van der Waals surface area contributed by atoms with Gasteiger partial charge in [0, 0.05) is 17.3 Å². The smallest absolute Gasteiger partial charge is 0.310 e. The third-order valence-electron chi connectivity index (χ3n) is 9.01. The summed E-state index contributed by atoms with van der Waals surface area (Å²) in [5, 5.41) is 10.7. The Labute approximate surface area is 255 Å². The minimum Gasteiger partial charge on any atom is -0.465 e. The summed E-state index contributed by atoms with van der Waals surface area (Å²) in [6, 6.07) is 7.83. The van der Waals surface area contributed by atoms with Gasteiger partial charge in [-0.05, 0) is 56.9 Å². The molecule has 7 nitrogen and oxygen atoms in total. The molecule has 2 bridgehead atoms. The van der Waals surface area contributed by atoms with Gasteiger partial charge >= 0.3 is 5.97 Å². The number of carbonyl (C=O) groups is 3. The van der Waals surface area contributed by atoms with Crippen LogP contribution in [0.5, 0.6) is 0 Å². The van der Waals surface area contributed by atoms with E-state index in [-0.39, 0.29) is 41.7 Å². The molecular weight excluding hydrogens is 548 g/mol. The van der Waals surface area contributed by atoms with Crippen molar-refractivity contribution < 1.29 is 24.2 Å². The van der Waals surface area contributed by atoms with E-state index in [1.807, 2.05) is 35.2 Å². The number of ether oxygens (including phenoxy) is 1. The number of unbranched alkanes of at least 4 members (excludes halogenated alkanes) is 1. The second-order valence-corrected chi connectivity index (χ2v) is 15.4. The molecule has 1 aromatic carbocycles. The van der Waals surface area contributed by atoms with Crippen molar-refractivity contribution in [2.75, 3.05) is 19.8 Å². The topological polar surface area (TPSA) is 87.2 Å². The van der Waals surface area contributed by atoms with E-state index in [9.17, 15) is 19.5 Å². The zero-order valence-electron chi connectivity index (χ0n) is 25.9. The maximum Gasteiger partial charge on any atom is 0.310 e. The lowest BCUT2D eigenvalue weighted by atomic mass is 9.71. The molecule has 3 aliphatic rings. The number of benzene rings is 1. The number of carbonyl (C=O) groups excluding carboxylic acids is 3. The van der Waals surface area contributed by atoms with Gasteiger partial charge in [-0.15, -0.1) is 24.9 Å². The molecule has 3 saturated heterocycles. The van der Waals surface area contributed by atoms with Crippen molar-refractivity contribution in [1.29, 1.82) is 0 Å². The fourth-order valence-corrected chi connectivity index (χ4v) is 9.99. The molecule has 3 heterocycles. The summed E-state index contributed by atoms with van der Waals surface area (Å²) in [4.78, 5) is 46.6. The Bertz CT molecular complexity index is 1180. The molecule has 1 aromatic rings. The lowest BCUT2D eigenvalue weighted by Gasteiger charge is -2.46. The molecule has 3 aliphatic heterocycles. The molecule has 8 heteroatoms. The van der Waals surface area contributed by atoms with Crippen molar-refractivity contribution in [1.82, 2.24) is 9.80 Å². The lowest BCUT2D eigenvalue weighted by molar-refractivity contribution is -0.154. The Balaban J connectivity index is 1.80. The number of nitrogens with zero attached hydrogens (tertiary/aromatic N) is 2.